The molecule has 0 radical (unpaired) electrons. The van der Waals surface area contributed by atoms with E-state index in [9.17, 15) is 9.90 Å². The average molecular weight is 253 g/mol. The zero-order valence-corrected chi connectivity index (χ0v) is 11.8. The molecule has 104 valence electrons. The Labute approximate surface area is 111 Å². The van der Waals surface area contributed by atoms with Crippen LogP contribution in [0.2, 0.25) is 0 Å². The van der Waals surface area contributed by atoms with Gasteiger partial charge in [-0.05, 0) is 31.6 Å². The van der Waals surface area contributed by atoms with Gasteiger partial charge >= 0.3 is 0 Å². The third-order valence-electron chi connectivity index (χ3n) is 4.72. The summed E-state index contributed by atoms with van der Waals surface area (Å²) in [5.74, 6) is 1.20. The highest BCUT2D eigenvalue weighted by molar-refractivity contribution is 5.76. The number of hydrogen-bond donors (Lipinski definition) is 1. The number of amides is 1. The average Bonchev–Trinajstić information content (AvgIpc) is 2.34. The van der Waals surface area contributed by atoms with Crippen molar-refractivity contribution in [2.24, 2.45) is 11.8 Å². The summed E-state index contributed by atoms with van der Waals surface area (Å²) in [4.78, 5) is 14.1. The van der Waals surface area contributed by atoms with Crippen molar-refractivity contribution in [2.45, 2.75) is 64.4 Å². The van der Waals surface area contributed by atoms with E-state index in [1.165, 1.54) is 6.42 Å². The maximum Gasteiger partial charge on any atom is 0.222 e. The fraction of sp³-hybridized carbons (Fsp3) is 0.933. The predicted molar refractivity (Wildman–Crippen MR) is 72.2 cm³/mol. The van der Waals surface area contributed by atoms with Gasteiger partial charge in [-0.1, -0.05) is 26.7 Å². The number of likely N-dealkylation sites (tertiary alicyclic amines) is 1. The summed E-state index contributed by atoms with van der Waals surface area (Å²) in [6, 6.07) is 0. The first-order valence-corrected chi connectivity index (χ1v) is 7.51. The van der Waals surface area contributed by atoms with Crippen molar-refractivity contribution < 1.29 is 9.90 Å². The lowest BCUT2D eigenvalue weighted by molar-refractivity contribution is -0.143. The van der Waals surface area contributed by atoms with Crippen LogP contribution in [0.5, 0.6) is 0 Å². The van der Waals surface area contributed by atoms with Gasteiger partial charge in [-0.2, -0.15) is 0 Å². The second-order valence-electron chi connectivity index (χ2n) is 6.57. The number of carbonyl (C=O) groups excluding carboxylic acids is 1. The number of nitrogens with zero attached hydrogens (tertiary/aromatic N) is 1. The van der Waals surface area contributed by atoms with Crippen LogP contribution < -0.4 is 0 Å². The van der Waals surface area contributed by atoms with E-state index in [4.69, 9.17) is 0 Å². The quantitative estimate of drug-likeness (QED) is 0.840. The van der Waals surface area contributed by atoms with Gasteiger partial charge in [-0.25, -0.2) is 0 Å². The van der Waals surface area contributed by atoms with Crippen molar-refractivity contribution in [3.05, 3.63) is 0 Å². The number of rotatable bonds is 3. The summed E-state index contributed by atoms with van der Waals surface area (Å²) in [5, 5.41) is 10.6. The van der Waals surface area contributed by atoms with E-state index in [0.29, 0.717) is 18.3 Å². The minimum absolute atomic E-state index is 0.288. The molecule has 3 heteroatoms. The highest BCUT2D eigenvalue weighted by Gasteiger charge is 2.43. The lowest BCUT2D eigenvalue weighted by atomic mass is 9.71. The largest absolute Gasteiger partial charge is 0.389 e. The zero-order chi connectivity index (χ0) is 13.2. The molecule has 1 amide bonds. The van der Waals surface area contributed by atoms with Gasteiger partial charge in [-0.3, -0.25) is 4.79 Å². The SMILES string of the molecule is CC(C)CCC(=O)N1CCC2(O)CCCCC2C1. The number of carbonyl (C=O) groups is 1. The third-order valence-corrected chi connectivity index (χ3v) is 4.72. The van der Waals surface area contributed by atoms with E-state index in [1.807, 2.05) is 4.90 Å². The molecule has 0 aromatic carbocycles. The summed E-state index contributed by atoms with van der Waals surface area (Å²) in [6.07, 6.45) is 6.81. The minimum atomic E-state index is -0.465. The smallest absolute Gasteiger partial charge is 0.222 e. The molecular weight excluding hydrogens is 226 g/mol. The van der Waals surface area contributed by atoms with Crippen LogP contribution in [0.3, 0.4) is 0 Å². The maximum atomic E-state index is 12.1. The molecule has 2 aliphatic rings. The molecule has 1 aliphatic heterocycles. The molecule has 1 aliphatic carbocycles. The van der Waals surface area contributed by atoms with Gasteiger partial charge in [0.2, 0.25) is 5.91 Å². The van der Waals surface area contributed by atoms with Crippen LogP contribution in [0.15, 0.2) is 0 Å². The van der Waals surface area contributed by atoms with E-state index in [2.05, 4.69) is 13.8 Å². The molecule has 0 bridgehead atoms. The standard InChI is InChI=1S/C15H27NO2/c1-12(2)6-7-14(17)16-10-9-15(18)8-4-3-5-13(15)11-16/h12-13,18H,3-11H2,1-2H3. The van der Waals surface area contributed by atoms with Gasteiger partial charge in [0.25, 0.3) is 0 Å². The molecule has 2 unspecified atom stereocenters. The van der Waals surface area contributed by atoms with Crippen LogP contribution in [-0.2, 0) is 4.79 Å². The molecule has 1 saturated carbocycles. The second kappa shape index (κ2) is 5.60. The number of aliphatic hydroxyl groups is 1. The summed E-state index contributed by atoms with van der Waals surface area (Å²) in [7, 11) is 0. The summed E-state index contributed by atoms with van der Waals surface area (Å²) in [5.41, 5.74) is -0.465. The molecule has 2 fully saturated rings. The Morgan fingerprint density at radius 2 is 2.17 bits per heavy atom. The topological polar surface area (TPSA) is 40.5 Å². The van der Waals surface area contributed by atoms with Crippen molar-refractivity contribution in [3.8, 4) is 0 Å². The van der Waals surface area contributed by atoms with Crippen LogP contribution in [0.25, 0.3) is 0 Å². The lowest BCUT2D eigenvalue weighted by Crippen LogP contribution is -2.54. The van der Waals surface area contributed by atoms with Crippen LogP contribution >= 0.6 is 0 Å². The molecule has 1 heterocycles. The number of fused-ring (bicyclic) bond motifs is 1. The van der Waals surface area contributed by atoms with Crippen LogP contribution in [0, 0.1) is 11.8 Å². The van der Waals surface area contributed by atoms with Gasteiger partial charge in [0.1, 0.15) is 0 Å². The van der Waals surface area contributed by atoms with Crippen LogP contribution in [-0.4, -0.2) is 34.6 Å². The van der Waals surface area contributed by atoms with E-state index in [-0.39, 0.29) is 5.91 Å². The van der Waals surface area contributed by atoms with Crippen molar-refractivity contribution in [3.63, 3.8) is 0 Å². The summed E-state index contributed by atoms with van der Waals surface area (Å²) in [6.45, 7) is 5.85. The fourth-order valence-electron chi connectivity index (χ4n) is 3.37. The normalized spacial score (nSPS) is 32.4. The lowest BCUT2D eigenvalue weighted by Gasteiger charge is -2.47. The molecule has 18 heavy (non-hydrogen) atoms. The molecule has 1 saturated heterocycles. The van der Waals surface area contributed by atoms with Gasteiger partial charge in [-0.15, -0.1) is 0 Å². The molecule has 0 aromatic heterocycles. The van der Waals surface area contributed by atoms with Crippen LogP contribution in [0.4, 0.5) is 0 Å². The molecular formula is C15H27NO2. The van der Waals surface area contributed by atoms with Crippen molar-refractivity contribution in [1.29, 1.82) is 0 Å². The first-order chi connectivity index (χ1) is 8.51. The first-order valence-electron chi connectivity index (χ1n) is 7.51. The molecule has 0 aromatic rings. The molecule has 3 nitrogen and oxygen atoms in total. The first kappa shape index (κ1) is 13.9. The fourth-order valence-corrected chi connectivity index (χ4v) is 3.37. The van der Waals surface area contributed by atoms with Gasteiger partial charge in [0, 0.05) is 25.4 Å². The van der Waals surface area contributed by atoms with Crippen molar-refractivity contribution in [1.82, 2.24) is 4.90 Å². The number of piperidine rings is 1. The van der Waals surface area contributed by atoms with Gasteiger partial charge < -0.3 is 10.0 Å². The minimum Gasteiger partial charge on any atom is -0.389 e. The third kappa shape index (κ3) is 3.05. The summed E-state index contributed by atoms with van der Waals surface area (Å²) >= 11 is 0. The molecule has 2 rings (SSSR count). The molecule has 1 N–H and O–H groups in total. The van der Waals surface area contributed by atoms with Gasteiger partial charge in [0.05, 0.1) is 5.60 Å². The van der Waals surface area contributed by atoms with E-state index < -0.39 is 5.60 Å². The Morgan fingerprint density at radius 1 is 1.39 bits per heavy atom. The van der Waals surface area contributed by atoms with Crippen molar-refractivity contribution >= 4 is 5.91 Å². The Morgan fingerprint density at radius 3 is 2.89 bits per heavy atom. The van der Waals surface area contributed by atoms with E-state index in [0.717, 1.165) is 45.2 Å². The summed E-state index contributed by atoms with van der Waals surface area (Å²) < 4.78 is 0. The van der Waals surface area contributed by atoms with E-state index >= 15 is 0 Å². The Bertz CT molecular complexity index is 303. The molecule has 2 atom stereocenters. The van der Waals surface area contributed by atoms with Crippen molar-refractivity contribution in [2.75, 3.05) is 13.1 Å². The van der Waals surface area contributed by atoms with Gasteiger partial charge in [0.15, 0.2) is 0 Å². The highest BCUT2D eigenvalue weighted by atomic mass is 16.3. The van der Waals surface area contributed by atoms with Crippen LogP contribution in [0.1, 0.15) is 58.8 Å². The Balaban J connectivity index is 1.88. The predicted octanol–water partition coefficient (Wildman–Crippen LogP) is 2.58. The Hall–Kier alpha value is -0.570. The zero-order valence-electron chi connectivity index (χ0n) is 11.8. The highest BCUT2D eigenvalue weighted by Crippen LogP contribution is 2.39. The molecule has 0 spiro atoms. The van der Waals surface area contributed by atoms with E-state index in [1.54, 1.807) is 0 Å². The Kier molecular flexibility index (Phi) is 4.31. The second-order valence-corrected chi connectivity index (χ2v) is 6.57. The maximum absolute atomic E-state index is 12.1. The number of hydrogen-bond acceptors (Lipinski definition) is 2. The monoisotopic (exact) mass is 253 g/mol.